The molecule has 0 fully saturated rings. The van der Waals surface area contributed by atoms with E-state index >= 15 is 0 Å². The fraction of sp³-hybridized carbons (Fsp3) is 0.500. The van der Waals surface area contributed by atoms with E-state index in [-0.39, 0.29) is 25.5 Å². The number of methoxy groups -OCH3 is 1. The van der Waals surface area contributed by atoms with E-state index in [0.29, 0.717) is 17.5 Å². The summed E-state index contributed by atoms with van der Waals surface area (Å²) < 4.78 is 14.8. The second-order valence-corrected chi connectivity index (χ2v) is 4.29. The first-order valence-electron chi connectivity index (χ1n) is 6.09. The maximum atomic E-state index is 11.8. The highest BCUT2D eigenvalue weighted by molar-refractivity contribution is 5.78. The van der Waals surface area contributed by atoms with Crippen molar-refractivity contribution in [2.75, 3.05) is 7.11 Å². The van der Waals surface area contributed by atoms with Crippen LogP contribution in [0.15, 0.2) is 9.05 Å². The van der Waals surface area contributed by atoms with E-state index in [2.05, 4.69) is 20.6 Å². The van der Waals surface area contributed by atoms with E-state index in [1.165, 1.54) is 0 Å². The van der Waals surface area contributed by atoms with Crippen LogP contribution in [-0.2, 0) is 29.1 Å². The smallest absolute Gasteiger partial charge is 0.246 e. The minimum Gasteiger partial charge on any atom is -0.377 e. The molecule has 0 aliphatic carbocycles. The summed E-state index contributed by atoms with van der Waals surface area (Å²) in [4.78, 5) is 15.9. The van der Waals surface area contributed by atoms with E-state index in [0.717, 1.165) is 11.3 Å². The molecule has 2 aromatic rings. The van der Waals surface area contributed by atoms with E-state index in [9.17, 15) is 4.79 Å². The number of hydrogen-bond acceptors (Lipinski definition) is 7. The van der Waals surface area contributed by atoms with Crippen LogP contribution in [0.1, 0.15) is 28.7 Å². The van der Waals surface area contributed by atoms with Gasteiger partial charge in [0.05, 0.1) is 18.7 Å². The highest BCUT2D eigenvalue weighted by Gasteiger charge is 2.14. The molecule has 0 aliphatic heterocycles. The molecule has 0 saturated carbocycles. The molecule has 0 aromatic carbocycles. The Balaban J connectivity index is 1.85. The molecule has 0 atom stereocenters. The summed E-state index contributed by atoms with van der Waals surface area (Å²) >= 11 is 0. The largest absolute Gasteiger partial charge is 0.377 e. The van der Waals surface area contributed by atoms with E-state index < -0.39 is 0 Å². The van der Waals surface area contributed by atoms with Crippen molar-refractivity contribution >= 4 is 5.91 Å². The van der Waals surface area contributed by atoms with Gasteiger partial charge in [-0.15, -0.1) is 0 Å². The van der Waals surface area contributed by atoms with Crippen molar-refractivity contribution in [2.45, 2.75) is 33.4 Å². The second kappa shape index (κ2) is 6.29. The van der Waals surface area contributed by atoms with E-state index in [1.807, 2.05) is 0 Å². The minimum atomic E-state index is -0.161. The zero-order valence-electron chi connectivity index (χ0n) is 11.6. The molecule has 20 heavy (non-hydrogen) atoms. The van der Waals surface area contributed by atoms with Crippen LogP contribution in [0.2, 0.25) is 0 Å². The van der Waals surface area contributed by atoms with E-state index in [4.69, 9.17) is 13.8 Å². The molecule has 8 nitrogen and oxygen atoms in total. The summed E-state index contributed by atoms with van der Waals surface area (Å²) in [6.07, 6.45) is 0.209. The molecule has 0 bridgehead atoms. The molecule has 0 radical (unpaired) electrons. The van der Waals surface area contributed by atoms with Crippen molar-refractivity contribution in [2.24, 2.45) is 0 Å². The van der Waals surface area contributed by atoms with Gasteiger partial charge in [0, 0.05) is 12.7 Å². The summed E-state index contributed by atoms with van der Waals surface area (Å²) in [7, 11) is 1.54. The number of carbonyl (C=O) groups is 1. The Morgan fingerprint density at radius 1 is 1.30 bits per heavy atom. The van der Waals surface area contributed by atoms with Crippen molar-refractivity contribution in [3.8, 4) is 0 Å². The fourth-order valence-electron chi connectivity index (χ4n) is 1.70. The van der Waals surface area contributed by atoms with Crippen LogP contribution in [0.5, 0.6) is 0 Å². The van der Waals surface area contributed by atoms with Crippen LogP contribution in [0.25, 0.3) is 0 Å². The molecule has 0 spiro atoms. The molecular formula is C12H16N4O4. The lowest BCUT2D eigenvalue weighted by Gasteiger charge is -2.01. The number of amides is 1. The Morgan fingerprint density at radius 2 is 2.10 bits per heavy atom. The molecule has 0 unspecified atom stereocenters. The van der Waals surface area contributed by atoms with Crippen LogP contribution in [0.3, 0.4) is 0 Å². The zero-order chi connectivity index (χ0) is 14.5. The number of nitrogens with one attached hydrogen (secondary N) is 1. The number of aromatic nitrogens is 3. The molecule has 2 aromatic heterocycles. The Kier molecular flexibility index (Phi) is 4.46. The normalized spacial score (nSPS) is 10.8. The molecule has 0 aliphatic rings. The topological polar surface area (TPSA) is 103 Å². The SMILES string of the molecule is COCc1noc(CNC(=O)Cc2c(C)noc2C)n1. The Hall–Kier alpha value is -2.22. The van der Waals surface area contributed by atoms with Gasteiger partial charge in [-0.3, -0.25) is 4.79 Å². The Labute approximate surface area is 115 Å². The number of rotatable bonds is 6. The maximum Gasteiger partial charge on any atom is 0.246 e. The molecule has 2 rings (SSSR count). The predicted molar refractivity (Wildman–Crippen MR) is 66.5 cm³/mol. The van der Waals surface area contributed by atoms with Crippen molar-refractivity contribution in [1.29, 1.82) is 0 Å². The van der Waals surface area contributed by atoms with Gasteiger partial charge >= 0.3 is 0 Å². The minimum absolute atomic E-state index is 0.161. The standard InChI is InChI=1S/C12H16N4O4/c1-7-9(8(2)19-15-7)4-11(17)13-5-12-14-10(6-18-3)16-20-12/h4-6H2,1-3H3,(H,13,17). The van der Waals surface area contributed by atoms with Crippen LogP contribution in [0, 0.1) is 13.8 Å². The number of hydrogen-bond donors (Lipinski definition) is 1. The highest BCUT2D eigenvalue weighted by Crippen LogP contribution is 2.12. The quantitative estimate of drug-likeness (QED) is 0.829. The molecule has 2 heterocycles. The lowest BCUT2D eigenvalue weighted by molar-refractivity contribution is -0.120. The number of ether oxygens (including phenoxy) is 1. The number of carbonyl (C=O) groups excluding carboxylic acids is 1. The van der Waals surface area contributed by atoms with E-state index in [1.54, 1.807) is 21.0 Å². The third kappa shape index (κ3) is 3.41. The second-order valence-electron chi connectivity index (χ2n) is 4.29. The third-order valence-electron chi connectivity index (χ3n) is 2.74. The van der Waals surface area contributed by atoms with Crippen molar-refractivity contribution in [3.63, 3.8) is 0 Å². The zero-order valence-corrected chi connectivity index (χ0v) is 11.6. The van der Waals surface area contributed by atoms with Crippen molar-refractivity contribution in [3.05, 3.63) is 28.7 Å². The molecule has 108 valence electrons. The van der Waals surface area contributed by atoms with Gasteiger partial charge in [-0.1, -0.05) is 10.3 Å². The molecule has 1 N–H and O–H groups in total. The van der Waals surface area contributed by atoms with Gasteiger partial charge in [0.2, 0.25) is 11.8 Å². The van der Waals surface area contributed by atoms with Gasteiger partial charge < -0.3 is 19.1 Å². The van der Waals surface area contributed by atoms with Gasteiger partial charge in [-0.2, -0.15) is 4.98 Å². The van der Waals surface area contributed by atoms with Crippen LogP contribution >= 0.6 is 0 Å². The van der Waals surface area contributed by atoms with Gasteiger partial charge in [0.25, 0.3) is 0 Å². The fourth-order valence-corrected chi connectivity index (χ4v) is 1.70. The lowest BCUT2D eigenvalue weighted by atomic mass is 10.1. The van der Waals surface area contributed by atoms with Crippen LogP contribution < -0.4 is 5.32 Å². The average Bonchev–Trinajstić information content (AvgIpc) is 2.99. The van der Waals surface area contributed by atoms with Crippen molar-refractivity contribution < 1.29 is 18.6 Å². The number of nitrogens with zero attached hydrogens (tertiary/aromatic N) is 3. The Morgan fingerprint density at radius 3 is 2.75 bits per heavy atom. The Bertz CT molecular complexity index is 571. The first-order chi connectivity index (χ1) is 9.60. The molecule has 0 saturated heterocycles. The van der Waals surface area contributed by atoms with Crippen LogP contribution in [-0.4, -0.2) is 28.3 Å². The van der Waals surface area contributed by atoms with Gasteiger partial charge in [0.15, 0.2) is 5.82 Å². The predicted octanol–water partition coefficient (Wildman–Crippen LogP) is 0.680. The van der Waals surface area contributed by atoms with Gasteiger partial charge in [0.1, 0.15) is 12.4 Å². The first kappa shape index (κ1) is 14.2. The first-order valence-corrected chi connectivity index (χ1v) is 6.09. The number of aryl methyl sites for hydroxylation is 2. The maximum absolute atomic E-state index is 11.8. The third-order valence-corrected chi connectivity index (χ3v) is 2.74. The molecule has 1 amide bonds. The summed E-state index contributed by atoms with van der Waals surface area (Å²) in [5.41, 5.74) is 1.52. The van der Waals surface area contributed by atoms with Gasteiger partial charge in [-0.25, -0.2) is 0 Å². The summed E-state index contributed by atoms with van der Waals surface area (Å²) in [5.74, 6) is 1.27. The lowest BCUT2D eigenvalue weighted by Crippen LogP contribution is -2.25. The van der Waals surface area contributed by atoms with Crippen molar-refractivity contribution in [1.82, 2.24) is 20.6 Å². The van der Waals surface area contributed by atoms with Crippen LogP contribution in [0.4, 0.5) is 0 Å². The van der Waals surface area contributed by atoms with Gasteiger partial charge in [-0.05, 0) is 13.8 Å². The molecular weight excluding hydrogens is 264 g/mol. The summed E-state index contributed by atoms with van der Waals surface area (Å²) in [5, 5.41) is 10.2. The summed E-state index contributed by atoms with van der Waals surface area (Å²) in [6.45, 7) is 4.03. The molecule has 8 heteroatoms. The summed E-state index contributed by atoms with van der Waals surface area (Å²) in [6, 6.07) is 0. The average molecular weight is 280 g/mol. The highest BCUT2D eigenvalue weighted by atomic mass is 16.5. The monoisotopic (exact) mass is 280 g/mol.